The van der Waals surface area contributed by atoms with Gasteiger partial charge in [-0.25, -0.2) is 0 Å². The Morgan fingerprint density at radius 2 is 2.12 bits per heavy atom. The van der Waals surface area contributed by atoms with Gasteiger partial charge in [-0.3, -0.25) is 4.79 Å². The minimum Gasteiger partial charge on any atom is -0.491 e. The van der Waals surface area contributed by atoms with Crippen molar-refractivity contribution in [2.75, 3.05) is 0 Å². The lowest BCUT2D eigenvalue weighted by atomic mass is 9.99. The van der Waals surface area contributed by atoms with Gasteiger partial charge in [0.1, 0.15) is 5.75 Å². The van der Waals surface area contributed by atoms with Gasteiger partial charge in [0.2, 0.25) is 0 Å². The second-order valence-electron chi connectivity index (χ2n) is 4.98. The Labute approximate surface area is 103 Å². The third kappa shape index (κ3) is 2.87. The Bertz CT molecular complexity index is 417. The molecule has 1 aliphatic rings. The first kappa shape index (κ1) is 12.2. The molecule has 0 aromatic heterocycles. The lowest BCUT2D eigenvalue weighted by molar-refractivity contribution is 0.0966. The van der Waals surface area contributed by atoms with E-state index in [-0.39, 0.29) is 12.0 Å². The maximum absolute atomic E-state index is 12.1. The van der Waals surface area contributed by atoms with E-state index in [0.717, 1.165) is 36.1 Å². The zero-order valence-electron chi connectivity index (χ0n) is 10.8. The normalized spacial score (nSPS) is 15.1. The smallest absolute Gasteiger partial charge is 0.166 e. The van der Waals surface area contributed by atoms with Crippen molar-refractivity contribution in [1.82, 2.24) is 0 Å². The molecule has 2 heteroatoms. The van der Waals surface area contributed by atoms with Gasteiger partial charge in [0.05, 0.1) is 6.10 Å². The SMILES string of the molecule is CCc1cc(OC(C)C)ccc1C(=O)C1CC1. The number of rotatable bonds is 5. The van der Waals surface area contributed by atoms with E-state index < -0.39 is 0 Å². The van der Waals surface area contributed by atoms with E-state index in [9.17, 15) is 4.79 Å². The maximum Gasteiger partial charge on any atom is 0.166 e. The predicted molar refractivity (Wildman–Crippen MR) is 68.6 cm³/mol. The summed E-state index contributed by atoms with van der Waals surface area (Å²) in [4.78, 5) is 12.1. The molecule has 0 heterocycles. The number of ketones is 1. The summed E-state index contributed by atoms with van der Waals surface area (Å²) in [6, 6.07) is 5.85. The molecule has 0 radical (unpaired) electrons. The molecule has 0 atom stereocenters. The number of carbonyl (C=O) groups excluding carboxylic acids is 1. The fourth-order valence-corrected chi connectivity index (χ4v) is 2.01. The average Bonchev–Trinajstić information content (AvgIpc) is 3.11. The number of aryl methyl sites for hydroxylation is 1. The monoisotopic (exact) mass is 232 g/mol. The number of carbonyl (C=O) groups is 1. The summed E-state index contributed by atoms with van der Waals surface area (Å²) in [5.74, 6) is 1.47. The van der Waals surface area contributed by atoms with Crippen LogP contribution in [0.3, 0.4) is 0 Å². The van der Waals surface area contributed by atoms with Gasteiger partial charge in [0.25, 0.3) is 0 Å². The summed E-state index contributed by atoms with van der Waals surface area (Å²) in [5.41, 5.74) is 2.01. The summed E-state index contributed by atoms with van der Waals surface area (Å²) >= 11 is 0. The van der Waals surface area contributed by atoms with Gasteiger partial charge < -0.3 is 4.74 Å². The van der Waals surface area contributed by atoms with Gasteiger partial charge in [-0.05, 0) is 56.9 Å². The van der Waals surface area contributed by atoms with Crippen molar-refractivity contribution in [3.8, 4) is 5.75 Å². The third-order valence-corrected chi connectivity index (χ3v) is 3.04. The summed E-state index contributed by atoms with van der Waals surface area (Å²) in [5, 5.41) is 0. The van der Waals surface area contributed by atoms with Crippen LogP contribution in [-0.4, -0.2) is 11.9 Å². The zero-order chi connectivity index (χ0) is 12.4. The first-order valence-electron chi connectivity index (χ1n) is 6.45. The molecule has 2 nitrogen and oxygen atoms in total. The van der Waals surface area contributed by atoms with Crippen LogP contribution in [0.5, 0.6) is 5.75 Å². The molecule has 0 bridgehead atoms. The topological polar surface area (TPSA) is 26.3 Å². The molecule has 92 valence electrons. The molecule has 0 spiro atoms. The molecule has 0 amide bonds. The highest BCUT2D eigenvalue weighted by Gasteiger charge is 2.31. The lowest BCUT2D eigenvalue weighted by Gasteiger charge is -2.13. The lowest BCUT2D eigenvalue weighted by Crippen LogP contribution is -2.08. The summed E-state index contributed by atoms with van der Waals surface area (Å²) < 4.78 is 5.66. The summed E-state index contributed by atoms with van der Waals surface area (Å²) in [6.07, 6.45) is 3.17. The van der Waals surface area contributed by atoms with E-state index in [1.165, 1.54) is 0 Å². The second kappa shape index (κ2) is 4.91. The quantitative estimate of drug-likeness (QED) is 0.725. The van der Waals surface area contributed by atoms with Gasteiger partial charge in [-0.1, -0.05) is 6.92 Å². The molecular formula is C15H20O2. The first-order valence-corrected chi connectivity index (χ1v) is 6.45. The first-order chi connectivity index (χ1) is 8.11. The van der Waals surface area contributed by atoms with Crippen LogP contribution in [-0.2, 0) is 6.42 Å². The van der Waals surface area contributed by atoms with Gasteiger partial charge in [-0.2, -0.15) is 0 Å². The van der Waals surface area contributed by atoms with Gasteiger partial charge >= 0.3 is 0 Å². The standard InChI is InChI=1S/C15H20O2/c1-4-11-9-13(17-10(2)3)7-8-14(11)15(16)12-5-6-12/h7-10,12H,4-6H2,1-3H3. The minimum atomic E-state index is 0.171. The van der Waals surface area contributed by atoms with Crippen LogP contribution in [0.1, 0.15) is 49.5 Å². The Morgan fingerprint density at radius 1 is 1.41 bits per heavy atom. The maximum atomic E-state index is 12.1. The van der Waals surface area contributed by atoms with E-state index in [0.29, 0.717) is 5.78 Å². The molecule has 0 aliphatic heterocycles. The predicted octanol–water partition coefficient (Wildman–Crippen LogP) is 3.63. The average molecular weight is 232 g/mol. The number of hydrogen-bond donors (Lipinski definition) is 0. The number of benzene rings is 1. The van der Waals surface area contributed by atoms with Crippen LogP contribution in [0.4, 0.5) is 0 Å². The van der Waals surface area contributed by atoms with Crippen molar-refractivity contribution in [3.63, 3.8) is 0 Å². The van der Waals surface area contributed by atoms with Gasteiger partial charge in [0.15, 0.2) is 5.78 Å². The van der Waals surface area contributed by atoms with Crippen molar-refractivity contribution in [3.05, 3.63) is 29.3 Å². The molecule has 17 heavy (non-hydrogen) atoms. The van der Waals surface area contributed by atoms with Crippen LogP contribution < -0.4 is 4.74 Å². The van der Waals surface area contributed by atoms with Crippen LogP contribution in [0.15, 0.2) is 18.2 Å². The number of Topliss-reactive ketones (excluding diaryl/α,β-unsaturated/α-hetero) is 1. The molecular weight excluding hydrogens is 212 g/mol. The molecule has 1 fully saturated rings. The van der Waals surface area contributed by atoms with E-state index in [4.69, 9.17) is 4.74 Å². The Morgan fingerprint density at radius 3 is 2.65 bits per heavy atom. The van der Waals surface area contributed by atoms with Crippen LogP contribution in [0.25, 0.3) is 0 Å². The second-order valence-corrected chi connectivity index (χ2v) is 4.98. The summed E-state index contributed by atoms with van der Waals surface area (Å²) in [7, 11) is 0. The van der Waals surface area contributed by atoms with Crippen molar-refractivity contribution in [2.45, 2.75) is 46.1 Å². The van der Waals surface area contributed by atoms with E-state index >= 15 is 0 Å². The zero-order valence-corrected chi connectivity index (χ0v) is 10.8. The Hall–Kier alpha value is -1.31. The Balaban J connectivity index is 2.24. The third-order valence-electron chi connectivity index (χ3n) is 3.04. The van der Waals surface area contributed by atoms with Crippen LogP contribution >= 0.6 is 0 Å². The van der Waals surface area contributed by atoms with Gasteiger partial charge in [0, 0.05) is 11.5 Å². The van der Waals surface area contributed by atoms with E-state index in [1.807, 2.05) is 32.0 Å². The number of hydrogen-bond acceptors (Lipinski definition) is 2. The minimum absolute atomic E-state index is 0.171. The molecule has 1 aliphatic carbocycles. The molecule has 0 N–H and O–H groups in total. The van der Waals surface area contributed by atoms with Crippen molar-refractivity contribution >= 4 is 5.78 Å². The molecule has 0 unspecified atom stereocenters. The van der Waals surface area contributed by atoms with Crippen molar-refractivity contribution < 1.29 is 9.53 Å². The molecule has 1 aromatic carbocycles. The highest BCUT2D eigenvalue weighted by Crippen LogP contribution is 2.34. The van der Waals surface area contributed by atoms with Crippen molar-refractivity contribution in [2.24, 2.45) is 5.92 Å². The fraction of sp³-hybridized carbons (Fsp3) is 0.533. The Kier molecular flexibility index (Phi) is 3.51. The largest absolute Gasteiger partial charge is 0.491 e. The molecule has 1 saturated carbocycles. The van der Waals surface area contributed by atoms with Gasteiger partial charge in [-0.15, -0.1) is 0 Å². The van der Waals surface area contributed by atoms with Crippen molar-refractivity contribution in [1.29, 1.82) is 0 Å². The highest BCUT2D eigenvalue weighted by molar-refractivity contribution is 6.00. The fourth-order valence-electron chi connectivity index (χ4n) is 2.01. The number of ether oxygens (including phenoxy) is 1. The molecule has 0 saturated heterocycles. The van der Waals surface area contributed by atoms with E-state index in [2.05, 4.69) is 6.92 Å². The molecule has 1 aromatic rings. The van der Waals surface area contributed by atoms with E-state index in [1.54, 1.807) is 0 Å². The highest BCUT2D eigenvalue weighted by atomic mass is 16.5. The van der Waals surface area contributed by atoms with Crippen LogP contribution in [0.2, 0.25) is 0 Å². The van der Waals surface area contributed by atoms with Crippen LogP contribution in [0, 0.1) is 5.92 Å². The summed E-state index contributed by atoms with van der Waals surface area (Å²) in [6.45, 7) is 6.10. The molecule has 2 rings (SSSR count).